The van der Waals surface area contributed by atoms with Crippen LogP contribution in [0.4, 0.5) is 0 Å². The molecule has 1 aliphatic carbocycles. The van der Waals surface area contributed by atoms with Gasteiger partial charge in [0.15, 0.2) is 0 Å². The van der Waals surface area contributed by atoms with E-state index in [2.05, 4.69) is 31.0 Å². The number of nitrogens with zero attached hydrogens (tertiary/aromatic N) is 1. The SMILES string of the molecule is CC(C)(C)NCCCN1CCOC2CCCC21. The Labute approximate surface area is 106 Å². The lowest BCUT2D eigenvalue weighted by molar-refractivity contribution is -0.0557. The molecule has 2 fully saturated rings. The van der Waals surface area contributed by atoms with Crippen molar-refractivity contribution >= 4 is 0 Å². The molecule has 0 aromatic rings. The van der Waals surface area contributed by atoms with E-state index < -0.39 is 0 Å². The molecule has 0 spiro atoms. The van der Waals surface area contributed by atoms with E-state index in [-0.39, 0.29) is 5.54 Å². The van der Waals surface area contributed by atoms with Crippen LogP contribution in [0.15, 0.2) is 0 Å². The van der Waals surface area contributed by atoms with Gasteiger partial charge in [0.1, 0.15) is 0 Å². The van der Waals surface area contributed by atoms with Gasteiger partial charge in [-0.3, -0.25) is 4.90 Å². The lowest BCUT2D eigenvalue weighted by atomic mass is 10.1. The lowest BCUT2D eigenvalue weighted by Gasteiger charge is -2.37. The molecule has 0 aromatic heterocycles. The first-order valence-electron chi connectivity index (χ1n) is 7.17. The zero-order valence-electron chi connectivity index (χ0n) is 11.7. The second-order valence-electron chi connectivity index (χ2n) is 6.47. The van der Waals surface area contributed by atoms with Crippen molar-refractivity contribution in [3.8, 4) is 0 Å². The first-order valence-corrected chi connectivity index (χ1v) is 7.17. The second kappa shape index (κ2) is 5.68. The molecule has 0 radical (unpaired) electrons. The van der Waals surface area contributed by atoms with Crippen LogP contribution >= 0.6 is 0 Å². The zero-order chi connectivity index (χ0) is 12.3. The van der Waals surface area contributed by atoms with E-state index in [4.69, 9.17) is 4.74 Å². The quantitative estimate of drug-likeness (QED) is 0.761. The minimum Gasteiger partial charge on any atom is -0.375 e. The molecule has 0 amide bonds. The van der Waals surface area contributed by atoms with Gasteiger partial charge in [0.25, 0.3) is 0 Å². The van der Waals surface area contributed by atoms with Gasteiger partial charge < -0.3 is 10.1 Å². The molecule has 100 valence electrons. The molecule has 1 saturated carbocycles. The van der Waals surface area contributed by atoms with E-state index >= 15 is 0 Å². The van der Waals surface area contributed by atoms with Gasteiger partial charge in [0.05, 0.1) is 12.7 Å². The molecular formula is C14H28N2O. The summed E-state index contributed by atoms with van der Waals surface area (Å²) in [5.74, 6) is 0. The fourth-order valence-corrected chi connectivity index (χ4v) is 3.03. The van der Waals surface area contributed by atoms with Crippen LogP contribution in [0.3, 0.4) is 0 Å². The van der Waals surface area contributed by atoms with Crippen LogP contribution in [0.25, 0.3) is 0 Å². The van der Waals surface area contributed by atoms with Crippen LogP contribution in [0.5, 0.6) is 0 Å². The lowest BCUT2D eigenvalue weighted by Crippen LogP contribution is -2.49. The Kier molecular flexibility index (Phi) is 4.45. The van der Waals surface area contributed by atoms with Gasteiger partial charge in [0.2, 0.25) is 0 Å². The van der Waals surface area contributed by atoms with Crippen LogP contribution in [0, 0.1) is 0 Å². The monoisotopic (exact) mass is 240 g/mol. The summed E-state index contributed by atoms with van der Waals surface area (Å²) in [4.78, 5) is 2.66. The highest BCUT2D eigenvalue weighted by molar-refractivity contribution is 4.89. The summed E-state index contributed by atoms with van der Waals surface area (Å²) in [5, 5.41) is 3.56. The average molecular weight is 240 g/mol. The predicted molar refractivity (Wildman–Crippen MR) is 71.3 cm³/mol. The van der Waals surface area contributed by atoms with Gasteiger partial charge in [-0.25, -0.2) is 0 Å². The van der Waals surface area contributed by atoms with E-state index in [0.29, 0.717) is 6.10 Å². The van der Waals surface area contributed by atoms with Crippen LogP contribution in [-0.2, 0) is 4.74 Å². The number of nitrogens with one attached hydrogen (secondary N) is 1. The summed E-state index contributed by atoms with van der Waals surface area (Å²) in [5.41, 5.74) is 0.251. The molecule has 3 nitrogen and oxygen atoms in total. The Morgan fingerprint density at radius 2 is 2.12 bits per heavy atom. The Balaban J connectivity index is 1.68. The van der Waals surface area contributed by atoms with Crippen molar-refractivity contribution in [1.29, 1.82) is 0 Å². The number of hydrogen-bond donors (Lipinski definition) is 1. The van der Waals surface area contributed by atoms with Gasteiger partial charge in [-0.05, 0) is 59.5 Å². The summed E-state index contributed by atoms with van der Waals surface area (Å²) in [6.45, 7) is 11.1. The highest BCUT2D eigenvalue weighted by atomic mass is 16.5. The van der Waals surface area contributed by atoms with Gasteiger partial charge in [-0.2, -0.15) is 0 Å². The van der Waals surface area contributed by atoms with Crippen LogP contribution in [0.2, 0.25) is 0 Å². The van der Waals surface area contributed by atoms with E-state index in [0.717, 1.165) is 25.7 Å². The molecule has 1 aliphatic heterocycles. The maximum atomic E-state index is 5.84. The van der Waals surface area contributed by atoms with E-state index in [1.54, 1.807) is 0 Å². The molecule has 1 saturated heterocycles. The van der Waals surface area contributed by atoms with E-state index in [1.165, 1.54) is 32.2 Å². The smallest absolute Gasteiger partial charge is 0.0730 e. The van der Waals surface area contributed by atoms with Crippen molar-refractivity contribution < 1.29 is 4.74 Å². The molecule has 1 N–H and O–H groups in total. The third-order valence-electron chi connectivity index (χ3n) is 3.87. The van der Waals surface area contributed by atoms with Crippen LogP contribution in [0.1, 0.15) is 46.5 Å². The fraction of sp³-hybridized carbons (Fsp3) is 1.00. The maximum Gasteiger partial charge on any atom is 0.0730 e. The van der Waals surface area contributed by atoms with Crippen molar-refractivity contribution in [2.24, 2.45) is 0 Å². The van der Waals surface area contributed by atoms with Gasteiger partial charge in [-0.15, -0.1) is 0 Å². The van der Waals surface area contributed by atoms with Crippen molar-refractivity contribution in [2.45, 2.75) is 64.1 Å². The summed E-state index contributed by atoms with van der Waals surface area (Å²) in [6, 6.07) is 0.721. The Morgan fingerprint density at radius 3 is 2.88 bits per heavy atom. The summed E-state index contributed by atoms with van der Waals surface area (Å²) in [6.07, 6.45) is 5.77. The molecule has 0 aromatic carbocycles. The third kappa shape index (κ3) is 3.94. The number of morpholine rings is 1. The van der Waals surface area contributed by atoms with E-state index in [9.17, 15) is 0 Å². The predicted octanol–water partition coefficient (Wildman–Crippen LogP) is 2.02. The topological polar surface area (TPSA) is 24.5 Å². The average Bonchev–Trinajstić information content (AvgIpc) is 2.71. The molecule has 3 heteroatoms. The van der Waals surface area contributed by atoms with Crippen molar-refractivity contribution in [3.05, 3.63) is 0 Å². The normalized spacial score (nSPS) is 30.5. The van der Waals surface area contributed by atoms with Gasteiger partial charge in [0, 0.05) is 18.1 Å². The first-order chi connectivity index (χ1) is 8.06. The molecular weight excluding hydrogens is 212 g/mol. The van der Waals surface area contributed by atoms with Gasteiger partial charge >= 0.3 is 0 Å². The molecule has 17 heavy (non-hydrogen) atoms. The Bertz CT molecular complexity index is 237. The molecule has 2 atom stereocenters. The number of fused-ring (bicyclic) bond motifs is 1. The highest BCUT2D eigenvalue weighted by Crippen LogP contribution is 2.29. The third-order valence-corrected chi connectivity index (χ3v) is 3.87. The largest absolute Gasteiger partial charge is 0.375 e. The zero-order valence-corrected chi connectivity index (χ0v) is 11.7. The van der Waals surface area contributed by atoms with Crippen LogP contribution < -0.4 is 5.32 Å². The summed E-state index contributed by atoms with van der Waals surface area (Å²) >= 11 is 0. The van der Waals surface area contributed by atoms with E-state index in [1.807, 2.05) is 0 Å². The minimum absolute atomic E-state index is 0.251. The first kappa shape index (κ1) is 13.3. The maximum absolute atomic E-state index is 5.84. The Morgan fingerprint density at radius 1 is 1.29 bits per heavy atom. The van der Waals surface area contributed by atoms with Crippen molar-refractivity contribution in [3.63, 3.8) is 0 Å². The number of hydrogen-bond acceptors (Lipinski definition) is 3. The minimum atomic E-state index is 0.251. The molecule has 2 unspecified atom stereocenters. The van der Waals surface area contributed by atoms with Crippen molar-refractivity contribution in [1.82, 2.24) is 10.2 Å². The molecule has 1 heterocycles. The molecule has 2 rings (SSSR count). The second-order valence-corrected chi connectivity index (χ2v) is 6.47. The molecule has 0 bridgehead atoms. The summed E-state index contributed by atoms with van der Waals surface area (Å²) < 4.78 is 5.84. The highest BCUT2D eigenvalue weighted by Gasteiger charge is 2.35. The summed E-state index contributed by atoms with van der Waals surface area (Å²) in [7, 11) is 0. The number of ether oxygens (including phenoxy) is 1. The molecule has 2 aliphatic rings. The van der Waals surface area contributed by atoms with Gasteiger partial charge in [-0.1, -0.05) is 0 Å². The van der Waals surface area contributed by atoms with Crippen molar-refractivity contribution in [2.75, 3.05) is 26.2 Å². The van der Waals surface area contributed by atoms with Crippen LogP contribution in [-0.4, -0.2) is 48.8 Å². The fourth-order valence-electron chi connectivity index (χ4n) is 3.03. The Hall–Kier alpha value is -0.120. The number of rotatable bonds is 4. The standard InChI is InChI=1S/C14H28N2O/c1-14(2,3)15-8-5-9-16-10-11-17-13-7-4-6-12(13)16/h12-13,15H,4-11H2,1-3H3.